The van der Waals surface area contributed by atoms with Gasteiger partial charge in [0.05, 0.1) is 0 Å². The Bertz CT molecular complexity index is 670. The van der Waals surface area contributed by atoms with Gasteiger partial charge in [0.25, 0.3) is 0 Å². The Kier molecular flexibility index (Phi) is 8.18. The van der Waals surface area contributed by atoms with Gasteiger partial charge >= 0.3 is 73.0 Å². The molecule has 2 aromatic rings. The van der Waals surface area contributed by atoms with E-state index in [0.717, 1.165) is 8.58 Å². The maximum atomic E-state index is 2.25. The summed E-state index contributed by atoms with van der Waals surface area (Å²) in [5.41, 5.74) is 2.90. The molecule has 0 amide bonds. The molecule has 0 aromatic heterocycles. The summed E-state index contributed by atoms with van der Waals surface area (Å²) in [6, 6.07) is 21.4. The van der Waals surface area contributed by atoms with Crippen molar-refractivity contribution < 1.29 is 14.7 Å². The minimum absolute atomic E-state index is 0.642. The molecule has 26 heavy (non-hydrogen) atoms. The van der Waals surface area contributed by atoms with E-state index < -0.39 is 0 Å². The van der Waals surface area contributed by atoms with E-state index >= 15 is 0 Å². The first-order valence-corrected chi connectivity index (χ1v) is 11.6. The Hall–Kier alpha value is -1.66. The molecule has 2 heteroatoms. The van der Waals surface area contributed by atoms with Crippen molar-refractivity contribution >= 4 is 8.58 Å². The fourth-order valence-electron chi connectivity index (χ4n) is 2.63. The monoisotopic (exact) mass is 403 g/mol. The van der Waals surface area contributed by atoms with Gasteiger partial charge in [0.1, 0.15) is 0 Å². The minimum atomic E-state index is 0.642. The number of benzene rings is 2. The standard InChI is InChI=1S/C14H15P.2C5H5.Co/c1-3-7-13(8-4-1)11-15-12-14-9-5-2-6-10-14;2*1-2-4-5-3-1;/h1-10,15H,11-12H2;2*1-5H;. The maximum Gasteiger partial charge on any atom is -0.00976 e. The fourth-order valence-corrected chi connectivity index (χ4v) is 5.19. The number of hydrogen-bond donors (Lipinski definition) is 0. The van der Waals surface area contributed by atoms with Gasteiger partial charge in [-0.2, -0.15) is 0 Å². The van der Waals surface area contributed by atoms with Crippen molar-refractivity contribution in [2.45, 2.75) is 22.0 Å². The largest absolute Gasteiger partial charge is 0.113 e. The summed E-state index contributed by atoms with van der Waals surface area (Å²) in [6.45, 7) is 0. The average Bonchev–Trinajstić information content (AvgIpc) is 3.39. The van der Waals surface area contributed by atoms with Crippen molar-refractivity contribution in [3.63, 3.8) is 0 Å². The van der Waals surface area contributed by atoms with Crippen LogP contribution in [0.4, 0.5) is 0 Å². The zero-order chi connectivity index (χ0) is 17.9. The summed E-state index contributed by atoms with van der Waals surface area (Å²) >= 11 is 1.51. The Morgan fingerprint density at radius 2 is 0.962 bits per heavy atom. The third-order valence-electron chi connectivity index (χ3n) is 3.97. The van der Waals surface area contributed by atoms with Crippen LogP contribution < -0.4 is 0 Å². The molecule has 4 rings (SSSR count). The van der Waals surface area contributed by atoms with Crippen LogP contribution >= 0.6 is 8.58 Å². The van der Waals surface area contributed by atoms with Crippen LogP contribution in [-0.4, -0.2) is 0 Å². The van der Waals surface area contributed by atoms with Crippen molar-refractivity contribution in [1.29, 1.82) is 0 Å². The first kappa shape index (κ1) is 19.1. The molecule has 135 valence electrons. The van der Waals surface area contributed by atoms with E-state index in [1.165, 1.54) is 38.1 Å². The molecule has 0 saturated heterocycles. The van der Waals surface area contributed by atoms with Gasteiger partial charge in [-0.1, -0.05) is 60.7 Å². The number of rotatable bonds is 6. The van der Waals surface area contributed by atoms with Crippen molar-refractivity contribution in [2.24, 2.45) is 0 Å². The normalized spacial score (nSPS) is 15.5. The van der Waals surface area contributed by atoms with E-state index in [4.69, 9.17) is 0 Å². The van der Waals surface area contributed by atoms with Gasteiger partial charge in [-0.05, 0) is 23.5 Å². The summed E-state index contributed by atoms with van der Waals surface area (Å²) in [7, 11) is 0.987. The smallest absolute Gasteiger partial charge is 0.00976 e. The Morgan fingerprint density at radius 1 is 0.577 bits per heavy atom. The van der Waals surface area contributed by atoms with Crippen LogP contribution in [0.3, 0.4) is 0 Å². The average molecular weight is 403 g/mol. The van der Waals surface area contributed by atoms with Crippen LogP contribution in [0.1, 0.15) is 11.1 Å². The zero-order valence-electron chi connectivity index (χ0n) is 14.8. The molecule has 0 heterocycles. The third-order valence-corrected chi connectivity index (χ3v) is 6.89. The second-order valence-electron chi connectivity index (χ2n) is 6.05. The zero-order valence-corrected chi connectivity index (χ0v) is 16.8. The van der Waals surface area contributed by atoms with E-state index in [1.54, 1.807) is 0 Å². The van der Waals surface area contributed by atoms with Crippen LogP contribution in [0, 0.1) is 0 Å². The summed E-state index contributed by atoms with van der Waals surface area (Å²) in [6.07, 6.45) is 19.9. The van der Waals surface area contributed by atoms with E-state index in [0.29, 0.717) is 9.70 Å². The molecule has 0 unspecified atom stereocenters. The Morgan fingerprint density at radius 3 is 1.35 bits per heavy atom. The summed E-state index contributed by atoms with van der Waals surface area (Å²) in [5.74, 6) is 0. The molecule has 2 aliphatic rings. The molecule has 0 atom stereocenters. The molecule has 0 bridgehead atoms. The summed E-state index contributed by atoms with van der Waals surface area (Å²) < 4.78 is 0. The first-order valence-electron chi connectivity index (χ1n) is 8.95. The number of allylic oxidation sites excluding steroid dienone is 8. The van der Waals surface area contributed by atoms with E-state index in [1.807, 2.05) is 0 Å². The van der Waals surface area contributed by atoms with Crippen LogP contribution in [0.5, 0.6) is 0 Å². The van der Waals surface area contributed by atoms with Crippen LogP contribution in [0.25, 0.3) is 0 Å². The molecule has 0 fully saturated rings. The molecular formula is C24H25CoP. The van der Waals surface area contributed by atoms with Gasteiger partial charge in [0.15, 0.2) is 0 Å². The predicted octanol–water partition coefficient (Wildman–Crippen LogP) is 6.96. The van der Waals surface area contributed by atoms with Crippen molar-refractivity contribution in [1.82, 2.24) is 0 Å². The molecule has 0 N–H and O–H groups in total. The molecule has 0 radical (unpaired) electrons. The number of hydrogen-bond acceptors (Lipinski definition) is 0. The van der Waals surface area contributed by atoms with Gasteiger partial charge in [0.2, 0.25) is 0 Å². The van der Waals surface area contributed by atoms with Crippen molar-refractivity contribution in [3.8, 4) is 0 Å². The first-order chi connectivity index (χ1) is 12.9. The van der Waals surface area contributed by atoms with E-state index in [9.17, 15) is 0 Å². The van der Waals surface area contributed by atoms with Gasteiger partial charge in [-0.3, -0.25) is 0 Å². The van der Waals surface area contributed by atoms with Gasteiger partial charge in [0, 0.05) is 0 Å². The third kappa shape index (κ3) is 6.92. The van der Waals surface area contributed by atoms with Crippen LogP contribution in [-0.2, 0) is 27.0 Å². The molecule has 0 aliphatic heterocycles. The fraction of sp³-hybridized carbons (Fsp3) is 0.167. The van der Waals surface area contributed by atoms with Gasteiger partial charge in [-0.25, -0.2) is 0 Å². The van der Waals surface area contributed by atoms with Crippen LogP contribution in [0.2, 0.25) is 9.70 Å². The second kappa shape index (κ2) is 11.1. The predicted molar refractivity (Wildman–Crippen MR) is 113 cm³/mol. The maximum absolute atomic E-state index is 2.25. The summed E-state index contributed by atoms with van der Waals surface area (Å²) in [4.78, 5) is 1.28. The van der Waals surface area contributed by atoms with Crippen molar-refractivity contribution in [3.05, 3.63) is 120 Å². The Balaban J connectivity index is 0.000000158. The topological polar surface area (TPSA) is 0 Å². The van der Waals surface area contributed by atoms with E-state index in [-0.39, 0.29) is 0 Å². The van der Waals surface area contributed by atoms with E-state index in [2.05, 4.69) is 109 Å². The molecular weight excluding hydrogens is 378 g/mol. The summed E-state index contributed by atoms with van der Waals surface area (Å²) in [5, 5.41) is 0. The quantitative estimate of drug-likeness (QED) is 0.457. The minimum Gasteiger partial charge on any atom is -0.113 e. The molecule has 2 aromatic carbocycles. The van der Waals surface area contributed by atoms with Crippen molar-refractivity contribution in [2.75, 3.05) is 0 Å². The molecule has 2 aliphatic carbocycles. The van der Waals surface area contributed by atoms with Gasteiger partial charge in [-0.15, -0.1) is 8.58 Å². The molecule has 0 nitrogen and oxygen atoms in total. The van der Waals surface area contributed by atoms with Gasteiger partial charge < -0.3 is 0 Å². The second-order valence-corrected chi connectivity index (χ2v) is 9.00. The molecule has 0 saturated carbocycles. The Labute approximate surface area is 165 Å². The SMILES string of the molecule is C1=C[CH]([Co][CH]2C=CC=C2)C=C1.c1ccc(CPCc2ccccc2)cc1. The molecule has 0 spiro atoms. The van der Waals surface area contributed by atoms with Crippen LogP contribution in [0.15, 0.2) is 109 Å².